The molecule has 3 rings (SSSR count). The van der Waals surface area contributed by atoms with E-state index in [1.165, 1.54) is 11.1 Å². The van der Waals surface area contributed by atoms with Gasteiger partial charge in [-0.25, -0.2) is 0 Å². The van der Waals surface area contributed by atoms with Crippen LogP contribution in [0.4, 0.5) is 0 Å². The minimum Gasteiger partial charge on any atom is -0.347 e. The van der Waals surface area contributed by atoms with Crippen LogP contribution in [-0.4, -0.2) is 18.4 Å². The molecule has 0 saturated heterocycles. The van der Waals surface area contributed by atoms with Crippen LogP contribution in [0, 0.1) is 25.7 Å². The van der Waals surface area contributed by atoms with Gasteiger partial charge in [0, 0.05) is 5.92 Å². The van der Waals surface area contributed by atoms with E-state index in [0.717, 1.165) is 17.5 Å². The summed E-state index contributed by atoms with van der Waals surface area (Å²) in [4.78, 5) is 24.4. The molecule has 1 fully saturated rings. The molecular weight excluding hydrogens is 324 g/mol. The lowest BCUT2D eigenvalue weighted by atomic mass is 9.95. The molecule has 0 aromatic heterocycles. The molecule has 0 heterocycles. The van der Waals surface area contributed by atoms with E-state index >= 15 is 0 Å². The maximum Gasteiger partial charge on any atom is 0.240 e. The van der Waals surface area contributed by atoms with Crippen molar-refractivity contribution in [2.24, 2.45) is 11.8 Å². The quantitative estimate of drug-likeness (QED) is 0.840. The summed E-state index contributed by atoms with van der Waals surface area (Å²) in [6.07, 6.45) is 0.919. The van der Waals surface area contributed by atoms with Crippen LogP contribution in [-0.2, 0) is 9.59 Å². The average Bonchev–Trinajstić information content (AvgIpc) is 3.37. The third kappa shape index (κ3) is 4.31. The highest BCUT2D eigenvalue weighted by atomic mass is 16.2. The summed E-state index contributed by atoms with van der Waals surface area (Å²) >= 11 is 0. The summed E-state index contributed by atoms with van der Waals surface area (Å²) in [7, 11) is 0. The summed E-state index contributed by atoms with van der Waals surface area (Å²) < 4.78 is 0. The molecular formula is C22H26N2O2. The van der Waals surface area contributed by atoms with E-state index in [2.05, 4.69) is 43.5 Å². The van der Waals surface area contributed by atoms with Gasteiger partial charge in [-0.05, 0) is 48.4 Å². The van der Waals surface area contributed by atoms with Gasteiger partial charge >= 0.3 is 0 Å². The predicted octanol–water partition coefficient (Wildman–Crippen LogP) is 3.28. The Kier molecular flexibility index (Phi) is 5.40. The maximum atomic E-state index is 12.5. The third-order valence-corrected chi connectivity index (χ3v) is 5.17. The van der Waals surface area contributed by atoms with Crippen molar-refractivity contribution >= 4 is 11.8 Å². The van der Waals surface area contributed by atoms with Crippen molar-refractivity contribution in [1.82, 2.24) is 10.6 Å². The van der Waals surface area contributed by atoms with Crippen molar-refractivity contribution < 1.29 is 9.59 Å². The average molecular weight is 350 g/mol. The number of carbonyl (C=O) groups is 2. The fraction of sp³-hybridized carbons (Fsp3) is 0.364. The van der Waals surface area contributed by atoms with Crippen molar-refractivity contribution in [3.05, 3.63) is 70.8 Å². The number of hydrogen-bond donors (Lipinski definition) is 2. The van der Waals surface area contributed by atoms with Crippen LogP contribution in [0.25, 0.3) is 0 Å². The zero-order valence-corrected chi connectivity index (χ0v) is 15.6. The fourth-order valence-electron chi connectivity index (χ4n) is 3.15. The van der Waals surface area contributed by atoms with Gasteiger partial charge in [-0.1, -0.05) is 55.5 Å². The molecule has 4 heteroatoms. The smallest absolute Gasteiger partial charge is 0.240 e. The second-order valence-corrected chi connectivity index (χ2v) is 7.29. The molecule has 26 heavy (non-hydrogen) atoms. The van der Waals surface area contributed by atoms with E-state index in [0.29, 0.717) is 5.92 Å². The van der Waals surface area contributed by atoms with E-state index in [1.54, 1.807) is 0 Å². The third-order valence-electron chi connectivity index (χ3n) is 5.17. The highest BCUT2D eigenvalue weighted by Crippen LogP contribution is 2.37. The van der Waals surface area contributed by atoms with Gasteiger partial charge in [0.1, 0.15) is 0 Å². The van der Waals surface area contributed by atoms with E-state index in [-0.39, 0.29) is 30.3 Å². The van der Waals surface area contributed by atoms with Crippen LogP contribution in [0.5, 0.6) is 0 Å². The van der Waals surface area contributed by atoms with Gasteiger partial charge in [-0.3, -0.25) is 9.59 Å². The number of carbonyl (C=O) groups excluding carboxylic acids is 2. The highest BCUT2D eigenvalue weighted by molar-refractivity contribution is 5.87. The molecule has 136 valence electrons. The summed E-state index contributed by atoms with van der Waals surface area (Å²) in [5.41, 5.74) is 4.47. The lowest BCUT2D eigenvalue weighted by Crippen LogP contribution is -2.39. The maximum absolute atomic E-state index is 12.5. The molecule has 0 spiro atoms. The van der Waals surface area contributed by atoms with Crippen LogP contribution in [0.2, 0.25) is 0 Å². The van der Waals surface area contributed by atoms with E-state index in [9.17, 15) is 9.59 Å². The van der Waals surface area contributed by atoms with Gasteiger partial charge in [0.15, 0.2) is 0 Å². The molecule has 3 atom stereocenters. The van der Waals surface area contributed by atoms with Crippen molar-refractivity contribution in [1.29, 1.82) is 0 Å². The summed E-state index contributed by atoms with van der Waals surface area (Å²) in [5.74, 6) is 0.312. The zero-order chi connectivity index (χ0) is 18.7. The Morgan fingerprint density at radius 1 is 1.04 bits per heavy atom. The highest BCUT2D eigenvalue weighted by Gasteiger charge is 2.39. The van der Waals surface area contributed by atoms with Crippen LogP contribution < -0.4 is 10.6 Å². The van der Waals surface area contributed by atoms with Crippen LogP contribution in [0.3, 0.4) is 0 Å². The molecule has 0 bridgehead atoms. The van der Waals surface area contributed by atoms with Crippen LogP contribution in [0.15, 0.2) is 48.5 Å². The first-order valence-electron chi connectivity index (χ1n) is 9.15. The van der Waals surface area contributed by atoms with E-state index in [4.69, 9.17) is 0 Å². The van der Waals surface area contributed by atoms with Gasteiger partial charge in [0.2, 0.25) is 11.8 Å². The molecule has 1 aliphatic rings. The molecule has 0 radical (unpaired) electrons. The summed E-state index contributed by atoms with van der Waals surface area (Å²) in [6.45, 7) is 6.20. The first kappa shape index (κ1) is 18.2. The van der Waals surface area contributed by atoms with Gasteiger partial charge in [-0.15, -0.1) is 0 Å². The molecule has 2 aromatic rings. The first-order valence-corrected chi connectivity index (χ1v) is 9.15. The van der Waals surface area contributed by atoms with Gasteiger partial charge in [0.05, 0.1) is 12.6 Å². The zero-order valence-electron chi connectivity index (χ0n) is 15.6. The molecule has 0 aliphatic heterocycles. The Hall–Kier alpha value is -2.62. The number of rotatable bonds is 6. The second kappa shape index (κ2) is 7.73. The number of amides is 2. The Morgan fingerprint density at radius 3 is 2.35 bits per heavy atom. The Morgan fingerprint density at radius 2 is 1.73 bits per heavy atom. The van der Waals surface area contributed by atoms with Crippen LogP contribution >= 0.6 is 0 Å². The normalized spacial score (nSPS) is 19.5. The van der Waals surface area contributed by atoms with Gasteiger partial charge in [-0.2, -0.15) is 0 Å². The van der Waals surface area contributed by atoms with Crippen molar-refractivity contribution in [3.8, 4) is 0 Å². The summed E-state index contributed by atoms with van der Waals surface area (Å²) in [6, 6.07) is 15.9. The second-order valence-electron chi connectivity index (χ2n) is 7.29. The Labute approximate surface area is 155 Å². The van der Waals surface area contributed by atoms with Crippen molar-refractivity contribution in [3.63, 3.8) is 0 Å². The number of nitrogens with one attached hydrogen (secondary N) is 2. The summed E-state index contributed by atoms with van der Waals surface area (Å²) in [5, 5.41) is 5.82. The monoisotopic (exact) mass is 350 g/mol. The lowest BCUT2D eigenvalue weighted by molar-refractivity contribution is -0.127. The minimum absolute atomic E-state index is 0.0101. The van der Waals surface area contributed by atoms with Crippen molar-refractivity contribution in [2.75, 3.05) is 6.54 Å². The Balaban J connectivity index is 1.72. The minimum atomic E-state index is -0.236. The Bertz CT molecular complexity index is 801. The van der Waals surface area contributed by atoms with Crippen molar-refractivity contribution in [2.45, 2.75) is 33.2 Å². The molecule has 2 aromatic carbocycles. The topological polar surface area (TPSA) is 58.2 Å². The lowest BCUT2D eigenvalue weighted by Gasteiger charge is -2.21. The number of aryl methyl sites for hydroxylation is 2. The SMILES string of the molecule is Cc1ccc([C@@H](NC(=O)CNC(=O)[C@H]2C[C@@H]2C)c2ccccc2)cc1C. The van der Waals surface area contributed by atoms with Crippen LogP contribution in [0.1, 0.15) is 41.6 Å². The van der Waals surface area contributed by atoms with Gasteiger partial charge < -0.3 is 10.6 Å². The largest absolute Gasteiger partial charge is 0.347 e. The molecule has 0 unspecified atom stereocenters. The molecule has 1 aliphatic carbocycles. The van der Waals surface area contributed by atoms with Gasteiger partial charge in [0.25, 0.3) is 0 Å². The fourth-order valence-corrected chi connectivity index (χ4v) is 3.15. The van der Waals surface area contributed by atoms with E-state index < -0.39 is 0 Å². The molecule has 2 amide bonds. The number of benzene rings is 2. The molecule has 1 saturated carbocycles. The first-order chi connectivity index (χ1) is 12.5. The molecule has 2 N–H and O–H groups in total. The predicted molar refractivity (Wildman–Crippen MR) is 103 cm³/mol. The van der Waals surface area contributed by atoms with E-state index in [1.807, 2.05) is 36.4 Å². The standard InChI is InChI=1S/C22H26N2O2/c1-14-9-10-18(11-15(14)2)21(17-7-5-4-6-8-17)24-20(25)13-23-22(26)19-12-16(19)3/h4-11,16,19,21H,12-13H2,1-3H3,(H,23,26)(H,24,25)/t16-,19-,21-/m0/s1. The number of hydrogen-bond acceptors (Lipinski definition) is 2. The molecule has 4 nitrogen and oxygen atoms in total.